The largest absolute Gasteiger partial charge is 0.435 e. The lowest BCUT2D eigenvalue weighted by atomic mass is 10.1. The molecule has 0 aliphatic rings. The molecule has 0 aliphatic heterocycles. The molecular weight excluding hydrogens is 395 g/mol. The van der Waals surface area contributed by atoms with Crippen molar-refractivity contribution < 1.29 is 21.6 Å². The van der Waals surface area contributed by atoms with Gasteiger partial charge in [0, 0.05) is 45.2 Å². The number of halogens is 3. The highest BCUT2D eigenvalue weighted by molar-refractivity contribution is 7.90. The first kappa shape index (κ1) is 21.7. The minimum absolute atomic E-state index is 0.00583. The van der Waals surface area contributed by atoms with Gasteiger partial charge in [0.25, 0.3) is 0 Å². The molecule has 2 rings (SSSR count). The van der Waals surface area contributed by atoms with Gasteiger partial charge in [-0.25, -0.2) is 8.42 Å². The molecule has 0 aliphatic carbocycles. The number of aryl methyl sites for hydroxylation is 2. The van der Waals surface area contributed by atoms with E-state index in [-0.39, 0.29) is 17.0 Å². The van der Waals surface area contributed by atoms with Gasteiger partial charge in [-0.15, -0.1) is 0 Å². The zero-order chi connectivity index (χ0) is 21.1. The van der Waals surface area contributed by atoms with Crippen molar-refractivity contribution in [3.63, 3.8) is 0 Å². The molecule has 154 valence electrons. The second-order valence-electron chi connectivity index (χ2n) is 6.33. The number of aromatic nitrogens is 2. The van der Waals surface area contributed by atoms with E-state index in [4.69, 9.17) is 0 Å². The highest BCUT2D eigenvalue weighted by atomic mass is 32.2. The van der Waals surface area contributed by atoms with Gasteiger partial charge in [0.1, 0.15) is 0 Å². The maximum absolute atomic E-state index is 13.0. The topological polar surface area (TPSA) is 88.4 Å². The van der Waals surface area contributed by atoms with Gasteiger partial charge in [-0.05, 0) is 24.1 Å². The third-order valence-electron chi connectivity index (χ3n) is 3.94. The molecule has 0 bridgehead atoms. The molecule has 0 fully saturated rings. The number of alkyl halides is 3. The Bertz CT molecular complexity index is 981. The second-order valence-corrected chi connectivity index (χ2v) is 8.31. The Morgan fingerprint density at radius 2 is 1.89 bits per heavy atom. The van der Waals surface area contributed by atoms with Crippen LogP contribution in [0.15, 0.2) is 34.3 Å². The van der Waals surface area contributed by atoms with Crippen molar-refractivity contribution >= 4 is 15.8 Å². The number of aliphatic imine (C=N–C) groups is 1. The van der Waals surface area contributed by atoms with Gasteiger partial charge in [0.2, 0.25) is 0 Å². The maximum Gasteiger partial charge on any atom is 0.435 e. The summed E-state index contributed by atoms with van der Waals surface area (Å²) in [7, 11) is -0.370. The van der Waals surface area contributed by atoms with Crippen LogP contribution in [0.5, 0.6) is 0 Å². The van der Waals surface area contributed by atoms with E-state index in [1.807, 2.05) is 0 Å². The van der Waals surface area contributed by atoms with Crippen LogP contribution < -0.4 is 10.6 Å². The standard InChI is InChI=1S/C17H22F3N5O2S/c1-11-7-12(5-6-14(11)28(4,26)27)8-22-16(21-2)23-9-13-10-25(3)24-15(13)17(18,19)20/h5-7,10H,8-9H2,1-4H3,(H2,21,22,23). The summed E-state index contributed by atoms with van der Waals surface area (Å²) in [6.45, 7) is 1.92. The zero-order valence-electron chi connectivity index (χ0n) is 15.9. The van der Waals surface area contributed by atoms with E-state index < -0.39 is 21.7 Å². The molecule has 0 saturated heterocycles. The molecule has 1 aromatic carbocycles. The van der Waals surface area contributed by atoms with Crippen LogP contribution in [0.2, 0.25) is 0 Å². The Hall–Kier alpha value is -2.56. The van der Waals surface area contributed by atoms with Crippen LogP contribution in [0.25, 0.3) is 0 Å². The summed E-state index contributed by atoms with van der Waals surface area (Å²) in [4.78, 5) is 4.25. The summed E-state index contributed by atoms with van der Waals surface area (Å²) in [5.74, 6) is 0.307. The molecule has 11 heteroatoms. The number of guanidine groups is 1. The smallest absolute Gasteiger partial charge is 0.352 e. The fraction of sp³-hybridized carbons (Fsp3) is 0.412. The highest BCUT2D eigenvalue weighted by Gasteiger charge is 2.36. The van der Waals surface area contributed by atoms with E-state index in [1.165, 1.54) is 26.4 Å². The fourth-order valence-corrected chi connectivity index (χ4v) is 3.69. The predicted molar refractivity (Wildman–Crippen MR) is 99.5 cm³/mol. The van der Waals surface area contributed by atoms with Crippen LogP contribution >= 0.6 is 0 Å². The summed E-state index contributed by atoms with van der Waals surface area (Å²) in [5.41, 5.74) is 0.497. The lowest BCUT2D eigenvalue weighted by Crippen LogP contribution is -2.36. The highest BCUT2D eigenvalue weighted by Crippen LogP contribution is 2.30. The quantitative estimate of drug-likeness (QED) is 0.574. The number of nitrogens with one attached hydrogen (secondary N) is 2. The van der Waals surface area contributed by atoms with Gasteiger partial charge >= 0.3 is 6.18 Å². The van der Waals surface area contributed by atoms with Gasteiger partial charge in [-0.1, -0.05) is 12.1 Å². The second kappa shape index (κ2) is 8.21. The third-order valence-corrected chi connectivity index (χ3v) is 5.20. The van der Waals surface area contributed by atoms with Crippen molar-refractivity contribution in [3.8, 4) is 0 Å². The molecule has 7 nitrogen and oxygen atoms in total. The predicted octanol–water partition coefficient (Wildman–Crippen LogP) is 2.02. The van der Waals surface area contributed by atoms with Crippen molar-refractivity contribution in [3.05, 3.63) is 46.8 Å². The van der Waals surface area contributed by atoms with Crippen molar-refractivity contribution in [2.75, 3.05) is 13.3 Å². The minimum atomic E-state index is -4.53. The number of rotatable bonds is 5. The first-order valence-electron chi connectivity index (χ1n) is 8.25. The monoisotopic (exact) mass is 417 g/mol. The molecule has 0 unspecified atom stereocenters. The van der Waals surface area contributed by atoms with Crippen LogP contribution in [0, 0.1) is 6.92 Å². The molecule has 1 aromatic heterocycles. The van der Waals surface area contributed by atoms with E-state index in [1.54, 1.807) is 19.1 Å². The first-order chi connectivity index (χ1) is 12.9. The van der Waals surface area contributed by atoms with Crippen molar-refractivity contribution in [2.45, 2.75) is 31.1 Å². The molecule has 28 heavy (non-hydrogen) atoms. The molecule has 0 radical (unpaired) electrons. The Balaban J connectivity index is 2.02. The zero-order valence-corrected chi connectivity index (χ0v) is 16.7. The van der Waals surface area contributed by atoms with E-state index in [0.29, 0.717) is 18.1 Å². The Morgan fingerprint density at radius 3 is 2.43 bits per heavy atom. The summed E-state index contributed by atoms with van der Waals surface area (Å²) in [6.07, 6.45) is -2.09. The van der Waals surface area contributed by atoms with E-state index in [2.05, 4.69) is 20.7 Å². The van der Waals surface area contributed by atoms with Crippen LogP contribution in [-0.4, -0.2) is 37.5 Å². The molecule has 0 amide bonds. The van der Waals surface area contributed by atoms with Gasteiger partial charge in [-0.2, -0.15) is 18.3 Å². The van der Waals surface area contributed by atoms with Crippen molar-refractivity contribution in [2.24, 2.45) is 12.0 Å². The number of nitrogens with zero attached hydrogens (tertiary/aromatic N) is 3. The molecule has 0 spiro atoms. The number of benzene rings is 1. The SMILES string of the molecule is CN=C(NCc1ccc(S(C)(=O)=O)c(C)c1)NCc1cn(C)nc1C(F)(F)F. The summed E-state index contributed by atoms with van der Waals surface area (Å²) in [6, 6.07) is 4.94. The molecule has 2 aromatic rings. The average molecular weight is 417 g/mol. The Kier molecular flexibility index (Phi) is 6.37. The first-order valence-corrected chi connectivity index (χ1v) is 10.1. The number of hydrogen-bond acceptors (Lipinski definition) is 4. The van der Waals surface area contributed by atoms with Gasteiger partial charge in [0.05, 0.1) is 4.90 Å². The van der Waals surface area contributed by atoms with Gasteiger partial charge < -0.3 is 10.6 Å². The average Bonchev–Trinajstić information content (AvgIpc) is 2.95. The van der Waals surface area contributed by atoms with Crippen molar-refractivity contribution in [1.82, 2.24) is 20.4 Å². The van der Waals surface area contributed by atoms with Crippen LogP contribution in [0.4, 0.5) is 13.2 Å². The van der Waals surface area contributed by atoms with E-state index >= 15 is 0 Å². The van der Waals surface area contributed by atoms with Crippen LogP contribution in [-0.2, 0) is 36.2 Å². The summed E-state index contributed by atoms with van der Waals surface area (Å²) >= 11 is 0. The third kappa shape index (κ3) is 5.47. The van der Waals surface area contributed by atoms with Gasteiger partial charge in [0.15, 0.2) is 21.5 Å². The lowest BCUT2D eigenvalue weighted by Gasteiger charge is -2.13. The fourth-order valence-electron chi connectivity index (χ4n) is 2.73. The molecule has 1 heterocycles. The number of hydrogen-bond donors (Lipinski definition) is 2. The van der Waals surface area contributed by atoms with Gasteiger partial charge in [-0.3, -0.25) is 9.67 Å². The number of sulfone groups is 1. The van der Waals surface area contributed by atoms with Crippen LogP contribution in [0.1, 0.15) is 22.4 Å². The van der Waals surface area contributed by atoms with E-state index in [9.17, 15) is 21.6 Å². The Labute approximate surface area is 161 Å². The van der Waals surface area contributed by atoms with Crippen LogP contribution in [0.3, 0.4) is 0 Å². The maximum atomic E-state index is 13.0. The summed E-state index contributed by atoms with van der Waals surface area (Å²) < 4.78 is 63.4. The molecule has 2 N–H and O–H groups in total. The molecular formula is C17H22F3N5O2S. The summed E-state index contributed by atoms with van der Waals surface area (Å²) in [5, 5.41) is 9.27. The molecule has 0 saturated carbocycles. The molecule has 0 atom stereocenters. The van der Waals surface area contributed by atoms with Crippen molar-refractivity contribution in [1.29, 1.82) is 0 Å². The minimum Gasteiger partial charge on any atom is -0.352 e. The normalized spacial score (nSPS) is 12.9. The lowest BCUT2D eigenvalue weighted by molar-refractivity contribution is -0.142. The Morgan fingerprint density at radius 1 is 1.25 bits per heavy atom. The van der Waals surface area contributed by atoms with E-state index in [0.717, 1.165) is 16.5 Å².